The van der Waals surface area contributed by atoms with E-state index in [2.05, 4.69) is 33.1 Å². The van der Waals surface area contributed by atoms with E-state index in [1.165, 1.54) is 18.9 Å². The Morgan fingerprint density at radius 3 is 2.66 bits per heavy atom. The summed E-state index contributed by atoms with van der Waals surface area (Å²) in [6.45, 7) is 6.48. The lowest BCUT2D eigenvalue weighted by atomic mass is 9.94. The molecule has 1 atom stereocenters. The lowest BCUT2D eigenvalue weighted by molar-refractivity contribution is 0.228. The van der Waals surface area contributed by atoms with Gasteiger partial charge in [-0.25, -0.2) is 4.39 Å². The number of rotatable bonds is 6. The van der Waals surface area contributed by atoms with Gasteiger partial charge in [-0.2, -0.15) is 10.2 Å². The zero-order valence-electron chi connectivity index (χ0n) is 22.0. The predicted molar refractivity (Wildman–Crippen MR) is 148 cm³/mol. The van der Waals surface area contributed by atoms with Crippen LogP contribution >= 0.6 is 0 Å². The van der Waals surface area contributed by atoms with E-state index in [0.29, 0.717) is 36.0 Å². The first-order valence-corrected chi connectivity index (χ1v) is 13.8. The van der Waals surface area contributed by atoms with Crippen LogP contribution in [0.4, 0.5) is 15.9 Å². The summed E-state index contributed by atoms with van der Waals surface area (Å²) in [6, 6.07) is 14.1. The summed E-state index contributed by atoms with van der Waals surface area (Å²) in [7, 11) is 2.17. The van der Waals surface area contributed by atoms with Gasteiger partial charge in [0.05, 0.1) is 6.61 Å². The summed E-state index contributed by atoms with van der Waals surface area (Å²) in [4.78, 5) is 11.9. The number of halogens is 1. The van der Waals surface area contributed by atoms with E-state index in [-0.39, 0.29) is 5.82 Å². The Morgan fingerprint density at radius 1 is 1.08 bits per heavy atom. The number of fused-ring (bicyclic) bond motifs is 2. The number of ether oxygens (including phenoxy) is 1. The molecule has 0 amide bonds. The van der Waals surface area contributed by atoms with Crippen molar-refractivity contribution in [2.75, 3.05) is 62.7 Å². The fourth-order valence-electron chi connectivity index (χ4n) is 6.33. The van der Waals surface area contributed by atoms with Crippen LogP contribution in [-0.4, -0.2) is 68.8 Å². The van der Waals surface area contributed by atoms with E-state index in [9.17, 15) is 9.65 Å². The number of benzene rings is 2. The van der Waals surface area contributed by atoms with Crippen LogP contribution in [-0.2, 0) is 13.0 Å². The second kappa shape index (κ2) is 10.8. The highest BCUT2D eigenvalue weighted by Crippen LogP contribution is 2.38. The average molecular weight is 515 g/mol. The maximum atomic E-state index is 15.0. The third-order valence-corrected chi connectivity index (χ3v) is 8.40. The molecule has 0 aliphatic carbocycles. The molecule has 7 nitrogen and oxygen atoms in total. The summed E-state index contributed by atoms with van der Waals surface area (Å²) in [5.74, 6) is 1.16. The lowest BCUT2D eigenvalue weighted by Crippen LogP contribution is -2.45. The fourth-order valence-corrected chi connectivity index (χ4v) is 6.33. The number of hydrogen-bond acceptors (Lipinski definition) is 7. The minimum atomic E-state index is -0.221. The van der Waals surface area contributed by atoms with Gasteiger partial charge in [0.1, 0.15) is 23.3 Å². The molecule has 0 radical (unpaired) electrons. The minimum absolute atomic E-state index is 0.221. The van der Waals surface area contributed by atoms with Crippen molar-refractivity contribution in [3.05, 3.63) is 58.9 Å². The number of pyridine rings is 1. The summed E-state index contributed by atoms with van der Waals surface area (Å²) in [6.07, 6.45) is 4.07. The van der Waals surface area contributed by atoms with Crippen LogP contribution in [0.3, 0.4) is 0 Å². The zero-order chi connectivity index (χ0) is 26.1. The number of nitrogens with one attached hydrogen (secondary N) is 1. The molecule has 2 aromatic carbocycles. The van der Waals surface area contributed by atoms with E-state index >= 15 is 0 Å². The lowest BCUT2D eigenvalue weighted by Gasteiger charge is -2.36. The van der Waals surface area contributed by atoms with Crippen molar-refractivity contribution >= 4 is 22.3 Å². The van der Waals surface area contributed by atoms with E-state index < -0.39 is 0 Å². The number of nitrogens with zero attached hydrogens (tertiary/aromatic N) is 5. The molecule has 2 saturated heterocycles. The molecule has 198 valence electrons. The molecule has 0 spiro atoms. The van der Waals surface area contributed by atoms with Gasteiger partial charge in [0.25, 0.3) is 0 Å². The van der Waals surface area contributed by atoms with E-state index in [1.54, 1.807) is 6.07 Å². The first kappa shape index (κ1) is 24.9. The first-order chi connectivity index (χ1) is 18.6. The van der Waals surface area contributed by atoms with Crippen LogP contribution in [0.1, 0.15) is 36.0 Å². The van der Waals surface area contributed by atoms with Gasteiger partial charge in [-0.15, -0.1) is 0 Å². The molecule has 0 bridgehead atoms. The molecule has 2 fully saturated rings. The maximum absolute atomic E-state index is 15.0. The molecule has 3 aliphatic heterocycles. The number of aromatic nitrogens is 1. The largest absolute Gasteiger partial charge is 0.477 e. The van der Waals surface area contributed by atoms with Crippen molar-refractivity contribution in [2.45, 2.75) is 38.3 Å². The van der Waals surface area contributed by atoms with Crippen LogP contribution < -0.4 is 19.9 Å². The van der Waals surface area contributed by atoms with Gasteiger partial charge in [-0.05, 0) is 56.8 Å². The molecular weight excluding hydrogens is 479 g/mol. The van der Waals surface area contributed by atoms with Crippen LogP contribution in [0.2, 0.25) is 0 Å². The molecule has 3 aromatic rings. The Bertz CT molecular complexity index is 1360. The van der Waals surface area contributed by atoms with E-state index in [4.69, 9.17) is 9.72 Å². The molecule has 0 saturated carbocycles. The van der Waals surface area contributed by atoms with E-state index in [0.717, 1.165) is 80.1 Å². The van der Waals surface area contributed by atoms with Gasteiger partial charge in [0, 0.05) is 67.5 Å². The Morgan fingerprint density at radius 2 is 1.89 bits per heavy atom. The monoisotopic (exact) mass is 514 g/mol. The smallest absolute Gasteiger partial charge is 0.234 e. The summed E-state index contributed by atoms with van der Waals surface area (Å²) >= 11 is 0. The Hall–Kier alpha value is -3.41. The first-order valence-electron chi connectivity index (χ1n) is 13.8. The second-order valence-corrected chi connectivity index (χ2v) is 10.6. The zero-order valence-corrected chi connectivity index (χ0v) is 22.0. The third-order valence-electron chi connectivity index (χ3n) is 8.40. The molecule has 6 rings (SSSR count). The molecule has 1 aromatic heterocycles. The van der Waals surface area contributed by atoms with Crippen LogP contribution in [0.5, 0.6) is 5.88 Å². The van der Waals surface area contributed by atoms with Crippen molar-refractivity contribution < 1.29 is 9.13 Å². The standard InChI is InChI=1S/C30H35FN6O/c1-35-14-4-7-22(35)11-18-38-30-24(19-32)25-20-37(27-9-3-6-21-5-2-8-26(31)28(21)27)15-10-23(25)29(34-30)36-16-12-33-13-17-36/h2-3,5-6,8-9,22,33H,4,7,10-18,20H2,1H3/t22-/m0/s1. The molecular formula is C30H35FN6O. The van der Waals surface area contributed by atoms with Crippen LogP contribution in [0.25, 0.3) is 10.8 Å². The number of nitriles is 1. The van der Waals surface area contributed by atoms with Crippen molar-refractivity contribution in [1.82, 2.24) is 15.2 Å². The van der Waals surface area contributed by atoms with Gasteiger partial charge in [-0.1, -0.05) is 24.3 Å². The third kappa shape index (κ3) is 4.65. The number of likely N-dealkylation sites (tertiary alicyclic amines) is 1. The van der Waals surface area contributed by atoms with Gasteiger partial charge in [0.2, 0.25) is 5.88 Å². The fraction of sp³-hybridized carbons (Fsp3) is 0.467. The highest BCUT2D eigenvalue weighted by atomic mass is 19.1. The summed E-state index contributed by atoms with van der Waals surface area (Å²) in [5, 5.41) is 15.3. The predicted octanol–water partition coefficient (Wildman–Crippen LogP) is 4.08. The second-order valence-electron chi connectivity index (χ2n) is 10.6. The van der Waals surface area contributed by atoms with Gasteiger partial charge in [0.15, 0.2) is 0 Å². The van der Waals surface area contributed by atoms with Crippen molar-refractivity contribution in [2.24, 2.45) is 0 Å². The summed E-state index contributed by atoms with van der Waals surface area (Å²) < 4.78 is 21.3. The highest BCUT2D eigenvalue weighted by molar-refractivity contribution is 5.95. The number of hydrogen-bond donors (Lipinski definition) is 1. The van der Waals surface area contributed by atoms with Gasteiger partial charge in [-0.3, -0.25) is 0 Å². The van der Waals surface area contributed by atoms with Gasteiger partial charge < -0.3 is 24.8 Å². The molecule has 38 heavy (non-hydrogen) atoms. The minimum Gasteiger partial charge on any atom is -0.477 e. The molecule has 4 heterocycles. The topological polar surface area (TPSA) is 67.7 Å². The van der Waals surface area contributed by atoms with Crippen LogP contribution in [0.15, 0.2) is 36.4 Å². The Balaban J connectivity index is 1.36. The van der Waals surface area contributed by atoms with Crippen molar-refractivity contribution in [3.8, 4) is 11.9 Å². The Kier molecular flexibility index (Phi) is 7.05. The van der Waals surface area contributed by atoms with E-state index in [1.807, 2.05) is 24.3 Å². The number of anilines is 2. The highest BCUT2D eigenvalue weighted by Gasteiger charge is 2.30. The molecule has 1 N–H and O–H groups in total. The number of piperazine rings is 1. The Labute approximate surface area is 223 Å². The SMILES string of the molecule is CN1CCC[C@H]1CCOc1nc(N2CCNCC2)c2c(c1C#N)CN(c1cccc3cccc(F)c13)CC2. The van der Waals surface area contributed by atoms with Gasteiger partial charge >= 0.3 is 0 Å². The quantitative estimate of drug-likeness (QED) is 0.532. The van der Waals surface area contributed by atoms with Crippen molar-refractivity contribution in [3.63, 3.8) is 0 Å². The molecule has 3 aliphatic rings. The maximum Gasteiger partial charge on any atom is 0.234 e. The normalized spacial score (nSPS) is 20.0. The average Bonchev–Trinajstić information content (AvgIpc) is 3.37. The molecule has 8 heteroatoms. The summed E-state index contributed by atoms with van der Waals surface area (Å²) in [5.41, 5.74) is 3.47. The molecule has 0 unspecified atom stereocenters. The van der Waals surface area contributed by atoms with Crippen molar-refractivity contribution in [1.29, 1.82) is 5.26 Å². The van der Waals surface area contributed by atoms with Crippen LogP contribution in [0, 0.1) is 17.1 Å².